The van der Waals surface area contributed by atoms with Gasteiger partial charge in [-0.15, -0.1) is 0 Å². The van der Waals surface area contributed by atoms with Crippen LogP contribution in [0, 0.1) is 0 Å². The Kier molecular flexibility index (Phi) is 4.16. The van der Waals surface area contributed by atoms with E-state index in [1.165, 1.54) is 6.08 Å². The van der Waals surface area contributed by atoms with Gasteiger partial charge in [-0.25, -0.2) is 4.79 Å². The second-order valence-corrected chi connectivity index (χ2v) is 5.08. The number of para-hydroxylation sites is 1. The number of aromatic hydroxyl groups is 1. The van der Waals surface area contributed by atoms with Crippen molar-refractivity contribution >= 4 is 22.8 Å². The molecule has 0 aliphatic carbocycles. The SMILES string of the molecule is COc1ccc(C=CC(=O)c2c(O)c3ccccc3oc2=O)cc1. The van der Waals surface area contributed by atoms with Crippen LogP contribution in [-0.2, 0) is 0 Å². The molecule has 0 spiro atoms. The maximum atomic E-state index is 12.3. The molecule has 0 radical (unpaired) electrons. The quantitative estimate of drug-likeness (QED) is 0.452. The molecule has 2 aromatic carbocycles. The third-order valence-electron chi connectivity index (χ3n) is 3.58. The van der Waals surface area contributed by atoms with Crippen LogP contribution in [0.3, 0.4) is 0 Å². The highest BCUT2D eigenvalue weighted by atomic mass is 16.5. The summed E-state index contributed by atoms with van der Waals surface area (Å²) >= 11 is 0. The van der Waals surface area contributed by atoms with E-state index in [0.29, 0.717) is 11.1 Å². The monoisotopic (exact) mass is 322 g/mol. The average molecular weight is 322 g/mol. The number of hydrogen-bond acceptors (Lipinski definition) is 5. The molecular formula is C19H14O5. The Morgan fingerprint density at radius 2 is 1.83 bits per heavy atom. The Balaban J connectivity index is 1.96. The van der Waals surface area contributed by atoms with Crippen LogP contribution < -0.4 is 10.4 Å². The second-order valence-electron chi connectivity index (χ2n) is 5.08. The molecule has 5 nitrogen and oxygen atoms in total. The number of fused-ring (bicyclic) bond motifs is 1. The van der Waals surface area contributed by atoms with Gasteiger partial charge in [0.25, 0.3) is 0 Å². The zero-order chi connectivity index (χ0) is 17.1. The van der Waals surface area contributed by atoms with Crippen molar-refractivity contribution in [3.63, 3.8) is 0 Å². The summed E-state index contributed by atoms with van der Waals surface area (Å²) in [6.45, 7) is 0. The lowest BCUT2D eigenvalue weighted by Gasteiger charge is -2.03. The number of ketones is 1. The Morgan fingerprint density at radius 1 is 1.12 bits per heavy atom. The highest BCUT2D eigenvalue weighted by Gasteiger charge is 2.18. The molecule has 24 heavy (non-hydrogen) atoms. The van der Waals surface area contributed by atoms with Gasteiger partial charge in [0.1, 0.15) is 22.6 Å². The first-order valence-electron chi connectivity index (χ1n) is 7.21. The number of methoxy groups -OCH3 is 1. The lowest BCUT2D eigenvalue weighted by atomic mass is 10.1. The molecule has 0 saturated carbocycles. The third kappa shape index (κ3) is 2.92. The fourth-order valence-corrected chi connectivity index (χ4v) is 2.32. The van der Waals surface area contributed by atoms with E-state index in [1.807, 2.05) is 0 Å². The van der Waals surface area contributed by atoms with Gasteiger partial charge >= 0.3 is 5.63 Å². The molecule has 0 aliphatic rings. The minimum atomic E-state index is -0.865. The summed E-state index contributed by atoms with van der Waals surface area (Å²) in [5.41, 5.74) is -0.251. The number of rotatable bonds is 4. The molecule has 5 heteroatoms. The maximum Gasteiger partial charge on any atom is 0.351 e. The van der Waals surface area contributed by atoms with Gasteiger partial charge in [-0.05, 0) is 35.9 Å². The summed E-state index contributed by atoms with van der Waals surface area (Å²) in [5, 5.41) is 10.6. The number of hydrogen-bond donors (Lipinski definition) is 1. The first-order valence-corrected chi connectivity index (χ1v) is 7.21. The van der Waals surface area contributed by atoms with Crippen LogP contribution in [0.4, 0.5) is 0 Å². The molecule has 1 heterocycles. The summed E-state index contributed by atoms with van der Waals surface area (Å²) in [6, 6.07) is 13.5. The number of benzene rings is 2. The Labute approximate surface area is 137 Å². The van der Waals surface area contributed by atoms with Crippen molar-refractivity contribution in [1.82, 2.24) is 0 Å². The smallest absolute Gasteiger partial charge is 0.351 e. The molecule has 0 unspecified atom stereocenters. The van der Waals surface area contributed by atoms with Gasteiger partial charge in [0.15, 0.2) is 5.78 Å². The van der Waals surface area contributed by atoms with E-state index in [4.69, 9.17) is 9.15 Å². The zero-order valence-corrected chi connectivity index (χ0v) is 12.9. The zero-order valence-electron chi connectivity index (χ0n) is 12.9. The Morgan fingerprint density at radius 3 is 2.54 bits per heavy atom. The van der Waals surface area contributed by atoms with E-state index < -0.39 is 11.4 Å². The minimum absolute atomic E-state index is 0.232. The molecule has 1 aromatic heterocycles. The van der Waals surface area contributed by atoms with E-state index in [-0.39, 0.29) is 16.9 Å². The number of allylic oxidation sites excluding steroid dienone is 1. The lowest BCUT2D eigenvalue weighted by molar-refractivity contribution is 0.104. The topological polar surface area (TPSA) is 76.7 Å². The molecule has 0 saturated heterocycles. The van der Waals surface area contributed by atoms with Crippen LogP contribution in [0.5, 0.6) is 11.5 Å². The highest BCUT2D eigenvalue weighted by molar-refractivity contribution is 6.10. The first kappa shape index (κ1) is 15.6. The van der Waals surface area contributed by atoms with Crippen LogP contribution in [0.2, 0.25) is 0 Å². The molecule has 0 bridgehead atoms. The van der Waals surface area contributed by atoms with Gasteiger partial charge in [-0.1, -0.05) is 30.3 Å². The Bertz CT molecular complexity index is 981. The predicted octanol–water partition coefficient (Wildman–Crippen LogP) is 3.40. The molecular weight excluding hydrogens is 308 g/mol. The van der Waals surface area contributed by atoms with Crippen molar-refractivity contribution in [3.05, 3.63) is 76.2 Å². The van der Waals surface area contributed by atoms with Crippen LogP contribution in [0.1, 0.15) is 15.9 Å². The van der Waals surface area contributed by atoms with Gasteiger partial charge in [-0.2, -0.15) is 0 Å². The van der Waals surface area contributed by atoms with Crippen molar-refractivity contribution < 1.29 is 19.1 Å². The van der Waals surface area contributed by atoms with Crippen LogP contribution >= 0.6 is 0 Å². The van der Waals surface area contributed by atoms with E-state index in [1.54, 1.807) is 61.7 Å². The minimum Gasteiger partial charge on any atom is -0.506 e. The van der Waals surface area contributed by atoms with Crippen molar-refractivity contribution in [3.8, 4) is 11.5 Å². The van der Waals surface area contributed by atoms with Crippen molar-refractivity contribution in [2.45, 2.75) is 0 Å². The average Bonchev–Trinajstić information content (AvgIpc) is 2.60. The molecule has 120 valence electrons. The van der Waals surface area contributed by atoms with Gasteiger partial charge in [0, 0.05) is 0 Å². The summed E-state index contributed by atoms with van der Waals surface area (Å²) in [7, 11) is 1.57. The van der Waals surface area contributed by atoms with Crippen molar-refractivity contribution in [2.75, 3.05) is 7.11 Å². The summed E-state index contributed by atoms with van der Waals surface area (Å²) in [4.78, 5) is 24.3. The van der Waals surface area contributed by atoms with E-state index in [9.17, 15) is 14.7 Å². The van der Waals surface area contributed by atoms with E-state index in [2.05, 4.69) is 0 Å². The van der Waals surface area contributed by atoms with Gasteiger partial charge < -0.3 is 14.3 Å². The number of ether oxygens (including phenoxy) is 1. The third-order valence-corrected chi connectivity index (χ3v) is 3.58. The Hall–Kier alpha value is -3.34. The fraction of sp³-hybridized carbons (Fsp3) is 0.0526. The van der Waals surface area contributed by atoms with Crippen molar-refractivity contribution in [2.24, 2.45) is 0 Å². The van der Waals surface area contributed by atoms with Gasteiger partial charge in [0.2, 0.25) is 0 Å². The van der Waals surface area contributed by atoms with Crippen LogP contribution in [0.15, 0.2) is 63.8 Å². The number of carbonyl (C=O) groups is 1. The number of carbonyl (C=O) groups excluding carboxylic acids is 1. The normalized spacial score (nSPS) is 11.0. The second kappa shape index (κ2) is 6.42. The van der Waals surface area contributed by atoms with Gasteiger partial charge in [0.05, 0.1) is 12.5 Å². The predicted molar refractivity (Wildman–Crippen MR) is 90.5 cm³/mol. The fourth-order valence-electron chi connectivity index (χ4n) is 2.32. The van der Waals surface area contributed by atoms with E-state index >= 15 is 0 Å². The molecule has 3 aromatic rings. The molecule has 3 rings (SSSR count). The largest absolute Gasteiger partial charge is 0.506 e. The first-order chi connectivity index (χ1) is 11.6. The summed E-state index contributed by atoms with van der Waals surface area (Å²) in [5.74, 6) is -0.291. The summed E-state index contributed by atoms with van der Waals surface area (Å²) in [6.07, 6.45) is 2.78. The van der Waals surface area contributed by atoms with Crippen LogP contribution in [0.25, 0.3) is 17.0 Å². The standard InChI is InChI=1S/C19H14O5/c1-23-13-9-6-12(7-10-13)8-11-15(20)17-18(21)14-4-2-3-5-16(14)24-19(17)22/h2-11,21H,1H3. The molecule has 0 fully saturated rings. The lowest BCUT2D eigenvalue weighted by Crippen LogP contribution is -2.12. The summed E-state index contributed by atoms with van der Waals surface area (Å²) < 4.78 is 10.1. The highest BCUT2D eigenvalue weighted by Crippen LogP contribution is 2.26. The molecule has 0 amide bonds. The van der Waals surface area contributed by atoms with E-state index in [0.717, 1.165) is 5.56 Å². The maximum absolute atomic E-state index is 12.3. The van der Waals surface area contributed by atoms with Crippen molar-refractivity contribution in [1.29, 1.82) is 0 Å². The molecule has 1 N–H and O–H groups in total. The van der Waals surface area contributed by atoms with Gasteiger partial charge in [-0.3, -0.25) is 4.79 Å². The molecule has 0 aliphatic heterocycles. The molecule has 0 atom stereocenters. The van der Waals surface area contributed by atoms with Crippen LogP contribution in [-0.4, -0.2) is 18.0 Å².